The molecule has 0 aliphatic carbocycles. The molecule has 0 saturated heterocycles. The average molecular weight is 309 g/mol. The minimum atomic E-state index is -0.194. The van der Waals surface area contributed by atoms with E-state index in [2.05, 4.69) is 10.3 Å². The molecule has 2 rings (SSSR count). The zero-order valence-electron chi connectivity index (χ0n) is 12.2. The van der Waals surface area contributed by atoms with E-state index in [0.29, 0.717) is 18.5 Å². The summed E-state index contributed by atoms with van der Waals surface area (Å²) in [6.45, 7) is 3.17. The minimum absolute atomic E-state index is 0.00788. The monoisotopic (exact) mass is 309 g/mol. The molecule has 2 aromatic rings. The van der Waals surface area contributed by atoms with Gasteiger partial charge in [0.05, 0.1) is 11.7 Å². The highest BCUT2D eigenvalue weighted by molar-refractivity contribution is 7.18. The molecule has 0 fully saturated rings. The molecule has 0 unspecified atom stereocenters. The summed E-state index contributed by atoms with van der Waals surface area (Å²) in [5.41, 5.74) is -0.164. The predicted octanol–water partition coefficient (Wildman–Crippen LogP) is 1.17. The molecule has 6 nitrogen and oxygen atoms in total. The van der Waals surface area contributed by atoms with Crippen LogP contribution >= 0.6 is 11.3 Å². The van der Waals surface area contributed by atoms with Gasteiger partial charge in [-0.1, -0.05) is 6.92 Å². The van der Waals surface area contributed by atoms with Crippen molar-refractivity contribution in [3.8, 4) is 0 Å². The van der Waals surface area contributed by atoms with Gasteiger partial charge in [0.15, 0.2) is 0 Å². The second kappa shape index (κ2) is 7.33. The van der Waals surface area contributed by atoms with Crippen molar-refractivity contribution < 1.29 is 9.53 Å². The van der Waals surface area contributed by atoms with E-state index in [0.717, 1.165) is 22.5 Å². The van der Waals surface area contributed by atoms with Gasteiger partial charge in [-0.2, -0.15) is 0 Å². The maximum atomic E-state index is 12.3. The Hall–Kier alpha value is -1.73. The lowest BCUT2D eigenvalue weighted by Crippen LogP contribution is -2.33. The van der Waals surface area contributed by atoms with Crippen LogP contribution in [0.5, 0.6) is 0 Å². The predicted molar refractivity (Wildman–Crippen MR) is 82.8 cm³/mol. The summed E-state index contributed by atoms with van der Waals surface area (Å²) >= 11 is 1.52. The Morgan fingerprint density at radius 2 is 2.33 bits per heavy atom. The number of carbonyl (C=O) groups is 1. The molecular weight excluding hydrogens is 290 g/mol. The van der Waals surface area contributed by atoms with E-state index in [4.69, 9.17) is 4.74 Å². The Bertz CT molecular complexity index is 678. The molecule has 2 heterocycles. The first-order valence-electron chi connectivity index (χ1n) is 6.89. The van der Waals surface area contributed by atoms with Gasteiger partial charge in [-0.3, -0.25) is 14.2 Å². The standard InChI is InChI=1S/C14H19N3O3S/c1-3-10-7-11-13(21-10)16-9-17(14(11)19)8-12(18)15-5-4-6-20-2/h7,9H,3-6,8H2,1-2H3,(H,15,18). The molecule has 2 aromatic heterocycles. The van der Waals surface area contributed by atoms with Gasteiger partial charge in [0, 0.05) is 25.1 Å². The molecule has 1 N–H and O–H groups in total. The Labute approximate surface area is 126 Å². The first kappa shape index (κ1) is 15.7. The van der Waals surface area contributed by atoms with Crippen molar-refractivity contribution in [1.82, 2.24) is 14.9 Å². The topological polar surface area (TPSA) is 73.2 Å². The summed E-state index contributed by atoms with van der Waals surface area (Å²) in [7, 11) is 1.62. The quantitative estimate of drug-likeness (QED) is 0.779. The number of amides is 1. The van der Waals surface area contributed by atoms with Gasteiger partial charge in [0.25, 0.3) is 5.56 Å². The molecule has 0 saturated carbocycles. The fourth-order valence-corrected chi connectivity index (χ4v) is 2.88. The summed E-state index contributed by atoms with van der Waals surface area (Å²) in [6.07, 6.45) is 3.06. The van der Waals surface area contributed by atoms with E-state index >= 15 is 0 Å². The fourth-order valence-electron chi connectivity index (χ4n) is 1.95. The summed E-state index contributed by atoms with van der Waals surface area (Å²) in [6, 6.07) is 1.86. The van der Waals surface area contributed by atoms with Crippen molar-refractivity contribution in [1.29, 1.82) is 0 Å². The third-order valence-corrected chi connectivity index (χ3v) is 4.27. The third-order valence-electron chi connectivity index (χ3n) is 3.08. The molecule has 0 aromatic carbocycles. The van der Waals surface area contributed by atoms with Gasteiger partial charge in [-0.25, -0.2) is 4.98 Å². The number of rotatable bonds is 7. The normalized spacial score (nSPS) is 11.0. The number of hydrogen-bond donors (Lipinski definition) is 1. The fraction of sp³-hybridized carbons (Fsp3) is 0.500. The number of hydrogen-bond acceptors (Lipinski definition) is 5. The summed E-state index contributed by atoms with van der Waals surface area (Å²) in [5, 5.41) is 3.34. The minimum Gasteiger partial charge on any atom is -0.385 e. The Morgan fingerprint density at radius 1 is 1.52 bits per heavy atom. The number of nitrogens with one attached hydrogen (secondary N) is 1. The molecule has 21 heavy (non-hydrogen) atoms. The number of carbonyl (C=O) groups excluding carboxylic acids is 1. The SMILES string of the molecule is CCc1cc2c(=O)n(CC(=O)NCCCOC)cnc2s1. The molecule has 1 amide bonds. The highest BCUT2D eigenvalue weighted by Gasteiger charge is 2.10. The molecule has 7 heteroatoms. The molecule has 114 valence electrons. The van der Waals surface area contributed by atoms with Gasteiger partial charge in [-0.15, -0.1) is 11.3 Å². The second-order valence-electron chi connectivity index (χ2n) is 4.66. The van der Waals surface area contributed by atoms with Gasteiger partial charge >= 0.3 is 0 Å². The number of aromatic nitrogens is 2. The third kappa shape index (κ3) is 3.89. The zero-order chi connectivity index (χ0) is 15.2. The first-order chi connectivity index (χ1) is 10.2. The zero-order valence-corrected chi connectivity index (χ0v) is 13.0. The summed E-state index contributed by atoms with van der Waals surface area (Å²) < 4.78 is 6.25. The molecular formula is C14H19N3O3S. The van der Waals surface area contributed by atoms with Gasteiger partial charge < -0.3 is 10.1 Å². The number of methoxy groups -OCH3 is 1. The maximum Gasteiger partial charge on any atom is 0.262 e. The van der Waals surface area contributed by atoms with Crippen LogP contribution in [0, 0.1) is 0 Å². The van der Waals surface area contributed by atoms with Crippen LogP contribution in [-0.2, 0) is 22.5 Å². The second-order valence-corrected chi connectivity index (χ2v) is 5.77. The number of nitrogens with zero attached hydrogens (tertiary/aromatic N) is 2. The number of ether oxygens (including phenoxy) is 1. The van der Waals surface area contributed by atoms with Crippen LogP contribution in [0.1, 0.15) is 18.2 Å². The number of thiophene rings is 1. The summed E-state index contributed by atoms with van der Waals surface area (Å²) in [5.74, 6) is -0.194. The molecule has 0 spiro atoms. The lowest BCUT2D eigenvalue weighted by atomic mass is 10.3. The first-order valence-corrected chi connectivity index (χ1v) is 7.70. The van der Waals surface area contributed by atoms with Crippen LogP contribution in [0.25, 0.3) is 10.2 Å². The highest BCUT2D eigenvalue weighted by Crippen LogP contribution is 2.20. The van der Waals surface area contributed by atoms with Gasteiger partial charge in [0.1, 0.15) is 11.4 Å². The van der Waals surface area contributed by atoms with Crippen molar-refractivity contribution in [3.63, 3.8) is 0 Å². The van der Waals surface area contributed by atoms with E-state index in [1.54, 1.807) is 7.11 Å². The van der Waals surface area contributed by atoms with Gasteiger partial charge in [-0.05, 0) is 18.9 Å². The Morgan fingerprint density at radius 3 is 3.05 bits per heavy atom. The lowest BCUT2D eigenvalue weighted by molar-refractivity contribution is -0.121. The van der Waals surface area contributed by atoms with E-state index in [9.17, 15) is 9.59 Å². The van der Waals surface area contributed by atoms with Crippen LogP contribution < -0.4 is 10.9 Å². The van der Waals surface area contributed by atoms with Crippen molar-refractivity contribution in [2.24, 2.45) is 0 Å². The molecule has 0 bridgehead atoms. The van der Waals surface area contributed by atoms with Crippen LogP contribution in [0.3, 0.4) is 0 Å². The van der Waals surface area contributed by atoms with E-state index in [1.807, 2.05) is 13.0 Å². The smallest absolute Gasteiger partial charge is 0.262 e. The largest absolute Gasteiger partial charge is 0.385 e. The summed E-state index contributed by atoms with van der Waals surface area (Å²) in [4.78, 5) is 30.2. The Kier molecular flexibility index (Phi) is 5.46. The van der Waals surface area contributed by atoms with Crippen molar-refractivity contribution in [2.45, 2.75) is 26.3 Å². The molecule has 0 aliphatic heterocycles. The molecule has 0 radical (unpaired) electrons. The van der Waals surface area contributed by atoms with Crippen LogP contribution in [0.15, 0.2) is 17.2 Å². The Balaban J connectivity index is 2.06. The molecule has 0 atom stereocenters. The van der Waals surface area contributed by atoms with Crippen molar-refractivity contribution in [2.75, 3.05) is 20.3 Å². The number of fused-ring (bicyclic) bond motifs is 1. The van der Waals surface area contributed by atoms with Crippen LogP contribution in [-0.4, -0.2) is 35.7 Å². The lowest BCUT2D eigenvalue weighted by Gasteiger charge is -2.06. The van der Waals surface area contributed by atoms with Crippen LogP contribution in [0.2, 0.25) is 0 Å². The van der Waals surface area contributed by atoms with Crippen molar-refractivity contribution in [3.05, 3.63) is 27.6 Å². The van der Waals surface area contributed by atoms with Gasteiger partial charge in [0.2, 0.25) is 5.91 Å². The number of aryl methyl sites for hydroxylation is 1. The molecule has 0 aliphatic rings. The highest BCUT2D eigenvalue weighted by atomic mass is 32.1. The van der Waals surface area contributed by atoms with E-state index in [1.165, 1.54) is 22.2 Å². The average Bonchev–Trinajstić information content (AvgIpc) is 2.91. The van der Waals surface area contributed by atoms with E-state index in [-0.39, 0.29) is 18.0 Å². The van der Waals surface area contributed by atoms with Crippen molar-refractivity contribution >= 4 is 27.5 Å². The maximum absolute atomic E-state index is 12.3. The van der Waals surface area contributed by atoms with Crippen LogP contribution in [0.4, 0.5) is 0 Å². The van der Waals surface area contributed by atoms with E-state index < -0.39 is 0 Å².